The number of nitriles is 2. The average Bonchev–Trinajstić information content (AvgIpc) is 3.35. The molecule has 4 aromatic carbocycles. The molecule has 0 saturated carbocycles. The molecule has 0 aliphatic heterocycles. The van der Waals surface area contributed by atoms with Crippen molar-refractivity contribution in [3.8, 4) is 45.8 Å². The Hall–Kier alpha value is -4.88. The minimum atomic E-state index is -4.40. The second-order valence-electron chi connectivity index (χ2n) is 8.66. The second-order valence-corrected chi connectivity index (χ2v) is 8.66. The first kappa shape index (κ1) is 21.6. The number of hydrogen-bond donors (Lipinski definition) is 1. The van der Waals surface area contributed by atoms with Crippen LogP contribution < -0.4 is 5.32 Å². The SMILES string of the molecule is N#CN=C1c2ccccc2-c2cc3c(cc21)-c1ccc(-c2ccc(C(F)(F)F)cc2)cc1C3NC#N. The number of fused-ring (bicyclic) bond motifs is 6. The highest BCUT2D eigenvalue weighted by atomic mass is 19.4. The van der Waals surface area contributed by atoms with Crippen molar-refractivity contribution in [1.82, 2.24) is 5.32 Å². The van der Waals surface area contributed by atoms with E-state index < -0.39 is 17.8 Å². The maximum atomic E-state index is 13.0. The van der Waals surface area contributed by atoms with Gasteiger partial charge in [0.05, 0.1) is 17.3 Å². The first-order chi connectivity index (χ1) is 17.4. The highest BCUT2D eigenvalue weighted by molar-refractivity contribution is 6.25. The van der Waals surface area contributed by atoms with Crippen molar-refractivity contribution >= 4 is 5.71 Å². The summed E-state index contributed by atoms with van der Waals surface area (Å²) in [5, 5.41) is 21.7. The molecule has 0 spiro atoms. The third kappa shape index (κ3) is 3.18. The zero-order chi connectivity index (χ0) is 25.0. The van der Waals surface area contributed by atoms with Crippen LogP contribution >= 0.6 is 0 Å². The molecule has 1 atom stereocenters. The van der Waals surface area contributed by atoms with Gasteiger partial charge in [0.15, 0.2) is 6.19 Å². The fourth-order valence-corrected chi connectivity index (χ4v) is 5.21. The number of benzene rings is 4. The molecule has 0 amide bonds. The molecule has 1 N–H and O–H groups in total. The Labute approximate surface area is 204 Å². The fraction of sp³-hybridized carbons (Fsp3) is 0.0690. The lowest BCUT2D eigenvalue weighted by molar-refractivity contribution is -0.137. The summed E-state index contributed by atoms with van der Waals surface area (Å²) in [5.74, 6) is 0. The van der Waals surface area contributed by atoms with Crippen LogP contribution in [0.2, 0.25) is 0 Å². The zero-order valence-electron chi connectivity index (χ0n) is 18.6. The topological polar surface area (TPSA) is 72.0 Å². The van der Waals surface area contributed by atoms with Gasteiger partial charge < -0.3 is 5.32 Å². The largest absolute Gasteiger partial charge is 0.416 e. The number of nitrogens with zero attached hydrogens (tertiary/aromatic N) is 3. The molecule has 4 aromatic rings. The summed E-state index contributed by atoms with van der Waals surface area (Å²) in [7, 11) is 0. The van der Waals surface area contributed by atoms with E-state index in [2.05, 4.69) is 10.3 Å². The third-order valence-electron chi connectivity index (χ3n) is 6.80. The lowest BCUT2D eigenvalue weighted by Crippen LogP contribution is -2.14. The monoisotopic (exact) mass is 476 g/mol. The van der Waals surface area contributed by atoms with Gasteiger partial charge in [-0.3, -0.25) is 0 Å². The normalized spacial score (nSPS) is 15.9. The second kappa shape index (κ2) is 7.83. The van der Waals surface area contributed by atoms with Crippen LogP contribution in [0.1, 0.15) is 33.9 Å². The van der Waals surface area contributed by atoms with E-state index in [1.54, 1.807) is 0 Å². The number of halogens is 3. The maximum Gasteiger partial charge on any atom is 0.416 e. The number of alkyl halides is 3. The van der Waals surface area contributed by atoms with Crippen molar-refractivity contribution in [2.24, 2.45) is 4.99 Å². The summed E-state index contributed by atoms with van der Waals surface area (Å²) in [6.07, 6.45) is -0.439. The molecule has 7 heteroatoms. The summed E-state index contributed by atoms with van der Waals surface area (Å²) in [5.41, 5.74) is 8.61. The van der Waals surface area contributed by atoms with Gasteiger partial charge in [0.25, 0.3) is 0 Å². The van der Waals surface area contributed by atoms with Crippen molar-refractivity contribution in [3.63, 3.8) is 0 Å². The Morgan fingerprint density at radius 3 is 2.08 bits per heavy atom. The first-order valence-corrected chi connectivity index (χ1v) is 11.1. The van der Waals surface area contributed by atoms with E-state index in [1.165, 1.54) is 12.1 Å². The average molecular weight is 476 g/mol. The quantitative estimate of drug-likeness (QED) is 0.225. The van der Waals surface area contributed by atoms with Crippen molar-refractivity contribution in [3.05, 3.63) is 107 Å². The molecule has 172 valence electrons. The molecule has 0 aromatic heterocycles. The van der Waals surface area contributed by atoms with Crippen LogP contribution in [0.15, 0.2) is 83.9 Å². The van der Waals surface area contributed by atoms with Crippen LogP contribution in [0, 0.1) is 22.9 Å². The standard InChI is InChI=1S/C29H15F3N4/c30-29(31,32)18-8-5-16(6-9-18)17-7-10-20-23-13-25-22(12-26(23)28(36-15-34)24(20)11-17)19-3-1-2-4-21(19)27(25)35-14-33/h1-13,28,36H. The molecule has 0 heterocycles. The molecular formula is C29H15F3N4. The Balaban J connectivity index is 1.49. The number of nitrogens with one attached hydrogen (secondary N) is 1. The van der Waals surface area contributed by atoms with Crippen LogP contribution in [0.4, 0.5) is 13.2 Å². The molecule has 1 unspecified atom stereocenters. The lowest BCUT2D eigenvalue weighted by atomic mass is 9.96. The van der Waals surface area contributed by atoms with Crippen molar-refractivity contribution < 1.29 is 13.2 Å². The molecule has 36 heavy (non-hydrogen) atoms. The molecule has 2 aliphatic rings. The predicted molar refractivity (Wildman–Crippen MR) is 130 cm³/mol. The molecule has 0 saturated heterocycles. The Kier molecular flexibility index (Phi) is 4.71. The number of hydrogen-bond acceptors (Lipinski definition) is 4. The van der Waals surface area contributed by atoms with E-state index in [-0.39, 0.29) is 0 Å². The highest BCUT2D eigenvalue weighted by Gasteiger charge is 2.34. The molecule has 0 fully saturated rings. The molecule has 0 bridgehead atoms. The minimum absolute atomic E-state index is 0.413. The summed E-state index contributed by atoms with van der Waals surface area (Å²) in [4.78, 5) is 4.10. The third-order valence-corrected chi connectivity index (χ3v) is 6.80. The predicted octanol–water partition coefficient (Wildman–Crippen LogP) is 6.81. The molecule has 0 radical (unpaired) electrons. The molecular weight excluding hydrogens is 461 g/mol. The van der Waals surface area contributed by atoms with Crippen molar-refractivity contribution in [2.45, 2.75) is 12.2 Å². The van der Waals surface area contributed by atoms with Crippen LogP contribution in [0.3, 0.4) is 0 Å². The maximum absolute atomic E-state index is 13.0. The van der Waals surface area contributed by atoms with E-state index in [0.717, 1.165) is 62.2 Å². The van der Waals surface area contributed by atoms with Gasteiger partial charge in [0.1, 0.15) is 0 Å². The van der Waals surface area contributed by atoms with Crippen molar-refractivity contribution in [2.75, 3.05) is 0 Å². The summed E-state index contributed by atoms with van der Waals surface area (Å²) in [6, 6.07) is 22.1. The lowest BCUT2D eigenvalue weighted by Gasteiger charge is -2.14. The van der Waals surface area contributed by atoms with Crippen LogP contribution in [-0.2, 0) is 6.18 Å². The first-order valence-electron chi connectivity index (χ1n) is 11.1. The Morgan fingerprint density at radius 1 is 0.694 bits per heavy atom. The Morgan fingerprint density at radius 2 is 1.39 bits per heavy atom. The number of rotatable bonds is 2. The molecule has 4 nitrogen and oxygen atoms in total. The van der Waals surface area contributed by atoms with Gasteiger partial charge in [-0.1, -0.05) is 48.5 Å². The van der Waals surface area contributed by atoms with E-state index in [4.69, 9.17) is 0 Å². The van der Waals surface area contributed by atoms with E-state index >= 15 is 0 Å². The van der Waals surface area contributed by atoms with Gasteiger partial charge >= 0.3 is 6.18 Å². The fourth-order valence-electron chi connectivity index (χ4n) is 5.21. The zero-order valence-corrected chi connectivity index (χ0v) is 18.6. The van der Waals surface area contributed by atoms with Gasteiger partial charge in [-0.15, -0.1) is 0 Å². The van der Waals surface area contributed by atoms with Gasteiger partial charge in [-0.25, -0.2) is 0 Å². The van der Waals surface area contributed by atoms with Crippen LogP contribution in [-0.4, -0.2) is 5.71 Å². The van der Waals surface area contributed by atoms with E-state index in [9.17, 15) is 23.7 Å². The van der Waals surface area contributed by atoms with E-state index in [1.807, 2.05) is 67.0 Å². The van der Waals surface area contributed by atoms with Gasteiger partial charge in [-0.2, -0.15) is 28.7 Å². The Bertz CT molecular complexity index is 1670. The van der Waals surface area contributed by atoms with Crippen molar-refractivity contribution in [1.29, 1.82) is 10.5 Å². The highest BCUT2D eigenvalue weighted by Crippen LogP contribution is 2.49. The summed E-state index contributed by atoms with van der Waals surface area (Å²) >= 11 is 0. The van der Waals surface area contributed by atoms with Crippen LogP contribution in [0.5, 0.6) is 0 Å². The molecule has 6 rings (SSSR count). The molecule has 2 aliphatic carbocycles. The smallest absolute Gasteiger partial charge is 0.312 e. The van der Waals surface area contributed by atoms with E-state index in [0.29, 0.717) is 11.3 Å². The van der Waals surface area contributed by atoms with Gasteiger partial charge in [-0.05, 0) is 74.8 Å². The van der Waals surface area contributed by atoms with Crippen LogP contribution in [0.25, 0.3) is 33.4 Å². The van der Waals surface area contributed by atoms with Gasteiger partial charge in [0.2, 0.25) is 6.19 Å². The number of aliphatic imine (C=N–C) groups is 1. The summed E-state index contributed by atoms with van der Waals surface area (Å²) in [6.45, 7) is 0. The van der Waals surface area contributed by atoms with Gasteiger partial charge in [0, 0.05) is 11.1 Å². The summed E-state index contributed by atoms with van der Waals surface area (Å²) < 4.78 is 39.0. The minimum Gasteiger partial charge on any atom is -0.312 e.